The van der Waals surface area contributed by atoms with Crippen LogP contribution in [0.3, 0.4) is 0 Å². The number of hydrogen-bond donors (Lipinski definition) is 0. The summed E-state index contributed by atoms with van der Waals surface area (Å²) in [5, 5.41) is 0. The molecule has 33 heavy (non-hydrogen) atoms. The number of piperidine rings is 1. The van der Waals surface area contributed by atoms with Crippen molar-refractivity contribution in [3.8, 4) is 0 Å². The molecule has 1 aliphatic carbocycles. The summed E-state index contributed by atoms with van der Waals surface area (Å²) < 4.78 is 11.2. The molecule has 2 saturated heterocycles. The molecule has 3 aliphatic rings. The number of nitrogens with zero attached hydrogens (tertiary/aromatic N) is 3. The van der Waals surface area contributed by atoms with E-state index in [1.165, 1.54) is 5.56 Å². The van der Waals surface area contributed by atoms with Crippen LogP contribution in [0.15, 0.2) is 30.3 Å². The Balaban J connectivity index is 1.40. The van der Waals surface area contributed by atoms with Gasteiger partial charge in [-0.25, -0.2) is 4.79 Å². The lowest BCUT2D eigenvalue weighted by Crippen LogP contribution is -2.55. The minimum absolute atomic E-state index is 0.139. The molecule has 1 saturated carbocycles. The van der Waals surface area contributed by atoms with Gasteiger partial charge in [0, 0.05) is 44.2 Å². The molecule has 7 nitrogen and oxygen atoms in total. The molecule has 3 atom stereocenters. The lowest BCUT2D eigenvalue weighted by atomic mass is 10.0. The van der Waals surface area contributed by atoms with Gasteiger partial charge in [-0.15, -0.1) is 0 Å². The Labute approximate surface area is 198 Å². The fraction of sp³-hybridized carbons (Fsp3) is 0.692. The Morgan fingerprint density at radius 1 is 1.06 bits per heavy atom. The standard InChI is InChI=1S/C26H39N3O4/c1-19(24(30)28-14-16-32-17-15-28)27-12-10-21(11-13-27)29(25(31)33-26(2,3)4)23-18-22(23)20-8-6-5-7-9-20/h5-9,19,21-23H,10-18H2,1-4H3/t19?,22-,23+/m0/s1. The van der Waals surface area contributed by atoms with E-state index < -0.39 is 5.60 Å². The van der Waals surface area contributed by atoms with Crippen LogP contribution in [0.4, 0.5) is 4.79 Å². The first-order valence-corrected chi connectivity index (χ1v) is 12.4. The average Bonchev–Trinajstić information content (AvgIpc) is 3.59. The molecule has 1 unspecified atom stereocenters. The van der Waals surface area contributed by atoms with Crippen LogP contribution in [0.5, 0.6) is 0 Å². The van der Waals surface area contributed by atoms with Crippen molar-refractivity contribution in [2.45, 2.75) is 76.6 Å². The summed E-state index contributed by atoms with van der Waals surface area (Å²) in [5.41, 5.74) is 0.768. The first-order chi connectivity index (χ1) is 15.7. The highest BCUT2D eigenvalue weighted by Gasteiger charge is 2.49. The molecule has 2 heterocycles. The van der Waals surface area contributed by atoms with E-state index in [-0.39, 0.29) is 30.1 Å². The molecule has 0 aromatic heterocycles. The number of ether oxygens (including phenoxy) is 2. The molecule has 7 heteroatoms. The summed E-state index contributed by atoms with van der Waals surface area (Å²) in [6.07, 6.45) is 2.49. The van der Waals surface area contributed by atoms with Crippen LogP contribution in [0, 0.1) is 0 Å². The van der Waals surface area contributed by atoms with Gasteiger partial charge in [-0.1, -0.05) is 30.3 Å². The van der Waals surface area contributed by atoms with E-state index >= 15 is 0 Å². The molecule has 3 fully saturated rings. The molecule has 0 spiro atoms. The predicted octanol–water partition coefficient (Wildman–Crippen LogP) is 3.49. The van der Waals surface area contributed by atoms with Crippen molar-refractivity contribution in [1.82, 2.24) is 14.7 Å². The number of carbonyl (C=O) groups excluding carboxylic acids is 2. The summed E-state index contributed by atoms with van der Waals surface area (Å²) in [6, 6.07) is 10.6. The molecule has 0 N–H and O–H groups in total. The van der Waals surface area contributed by atoms with E-state index in [1.54, 1.807) is 0 Å². The Morgan fingerprint density at radius 2 is 1.70 bits per heavy atom. The quantitative estimate of drug-likeness (QED) is 0.677. The molecule has 0 radical (unpaired) electrons. The zero-order valence-corrected chi connectivity index (χ0v) is 20.5. The second kappa shape index (κ2) is 10.0. The molecule has 2 amide bonds. The van der Waals surface area contributed by atoms with Crippen LogP contribution in [-0.4, -0.2) is 89.8 Å². The number of likely N-dealkylation sites (tertiary alicyclic amines) is 1. The van der Waals surface area contributed by atoms with Gasteiger partial charge in [-0.3, -0.25) is 9.69 Å². The monoisotopic (exact) mass is 457 g/mol. The van der Waals surface area contributed by atoms with Crippen molar-refractivity contribution in [2.24, 2.45) is 0 Å². The van der Waals surface area contributed by atoms with Crippen molar-refractivity contribution in [1.29, 1.82) is 0 Å². The topological polar surface area (TPSA) is 62.3 Å². The second-order valence-corrected chi connectivity index (χ2v) is 10.6. The van der Waals surface area contributed by atoms with E-state index in [0.717, 1.165) is 32.4 Å². The molecular weight excluding hydrogens is 418 g/mol. The summed E-state index contributed by atoms with van der Waals surface area (Å²) >= 11 is 0. The Morgan fingerprint density at radius 3 is 2.30 bits per heavy atom. The first kappa shape index (κ1) is 24.0. The van der Waals surface area contributed by atoms with Gasteiger partial charge in [0.1, 0.15) is 5.60 Å². The number of rotatable bonds is 5. The fourth-order valence-electron chi connectivity index (χ4n) is 5.17. The van der Waals surface area contributed by atoms with Crippen molar-refractivity contribution in [3.05, 3.63) is 35.9 Å². The van der Waals surface area contributed by atoms with Gasteiger partial charge in [-0.05, 0) is 52.5 Å². The molecule has 0 bridgehead atoms. The lowest BCUT2D eigenvalue weighted by Gasteiger charge is -2.42. The highest BCUT2D eigenvalue weighted by Crippen LogP contribution is 2.46. The van der Waals surface area contributed by atoms with Gasteiger partial charge < -0.3 is 19.3 Å². The van der Waals surface area contributed by atoms with Gasteiger partial charge in [0.15, 0.2) is 0 Å². The molecule has 1 aromatic rings. The maximum Gasteiger partial charge on any atom is 0.410 e. The number of amides is 2. The van der Waals surface area contributed by atoms with Crippen LogP contribution in [-0.2, 0) is 14.3 Å². The number of benzene rings is 1. The van der Waals surface area contributed by atoms with Crippen LogP contribution in [0.2, 0.25) is 0 Å². The molecule has 1 aromatic carbocycles. The van der Waals surface area contributed by atoms with Gasteiger partial charge in [-0.2, -0.15) is 0 Å². The third kappa shape index (κ3) is 5.87. The van der Waals surface area contributed by atoms with Crippen molar-refractivity contribution in [2.75, 3.05) is 39.4 Å². The van der Waals surface area contributed by atoms with Gasteiger partial charge >= 0.3 is 6.09 Å². The SMILES string of the molecule is CC(C(=O)N1CCOCC1)N1CCC(N(C(=O)OC(C)(C)C)[C@@H]2C[C@H]2c2ccccc2)CC1. The molecule has 182 valence electrons. The van der Waals surface area contributed by atoms with Gasteiger partial charge in [0.2, 0.25) is 5.91 Å². The zero-order valence-electron chi connectivity index (χ0n) is 20.5. The lowest BCUT2D eigenvalue weighted by molar-refractivity contribution is -0.141. The zero-order chi connectivity index (χ0) is 23.6. The summed E-state index contributed by atoms with van der Waals surface area (Å²) in [7, 11) is 0. The Bertz CT molecular complexity index is 811. The Kier molecular flexibility index (Phi) is 7.29. The first-order valence-electron chi connectivity index (χ1n) is 12.4. The second-order valence-electron chi connectivity index (χ2n) is 10.6. The number of morpholine rings is 1. The molecule has 4 rings (SSSR count). The van der Waals surface area contributed by atoms with Gasteiger partial charge in [0.05, 0.1) is 19.3 Å². The normalized spacial score (nSPS) is 25.4. The summed E-state index contributed by atoms with van der Waals surface area (Å²) in [6.45, 7) is 12.0. The third-order valence-corrected chi connectivity index (χ3v) is 7.07. The Hall–Kier alpha value is -2.12. The van der Waals surface area contributed by atoms with Gasteiger partial charge in [0.25, 0.3) is 0 Å². The smallest absolute Gasteiger partial charge is 0.410 e. The molecular formula is C26H39N3O4. The van der Waals surface area contributed by atoms with E-state index in [2.05, 4.69) is 29.2 Å². The van der Waals surface area contributed by atoms with Crippen LogP contribution in [0.25, 0.3) is 0 Å². The maximum absolute atomic E-state index is 13.3. The minimum Gasteiger partial charge on any atom is -0.444 e. The van der Waals surface area contributed by atoms with Crippen LogP contribution in [0.1, 0.15) is 58.4 Å². The number of carbonyl (C=O) groups is 2. The fourth-order valence-corrected chi connectivity index (χ4v) is 5.17. The minimum atomic E-state index is -0.522. The van der Waals surface area contributed by atoms with Crippen LogP contribution < -0.4 is 0 Å². The summed E-state index contributed by atoms with van der Waals surface area (Å²) in [5.74, 6) is 0.561. The highest BCUT2D eigenvalue weighted by atomic mass is 16.6. The van der Waals surface area contributed by atoms with E-state index in [4.69, 9.17) is 9.47 Å². The predicted molar refractivity (Wildman–Crippen MR) is 127 cm³/mol. The van der Waals surface area contributed by atoms with Crippen molar-refractivity contribution >= 4 is 12.0 Å². The largest absolute Gasteiger partial charge is 0.444 e. The van der Waals surface area contributed by atoms with E-state index in [9.17, 15) is 9.59 Å². The van der Waals surface area contributed by atoms with E-state index in [1.807, 2.05) is 43.6 Å². The summed E-state index contributed by atoms with van der Waals surface area (Å²) in [4.78, 5) is 32.4. The average molecular weight is 458 g/mol. The van der Waals surface area contributed by atoms with Crippen molar-refractivity contribution < 1.29 is 19.1 Å². The maximum atomic E-state index is 13.3. The highest BCUT2D eigenvalue weighted by molar-refractivity contribution is 5.81. The van der Waals surface area contributed by atoms with E-state index in [0.29, 0.717) is 32.2 Å². The van der Waals surface area contributed by atoms with Crippen molar-refractivity contribution in [3.63, 3.8) is 0 Å². The molecule has 2 aliphatic heterocycles. The third-order valence-electron chi connectivity index (χ3n) is 7.07. The number of hydrogen-bond acceptors (Lipinski definition) is 5. The van der Waals surface area contributed by atoms with Crippen LogP contribution >= 0.6 is 0 Å².